The molecule has 3 aromatic rings. The Kier molecular flexibility index (Phi) is 5.82. The van der Waals surface area contributed by atoms with Crippen molar-refractivity contribution in [1.82, 2.24) is 19.7 Å². The zero-order valence-electron chi connectivity index (χ0n) is 14.5. The topological polar surface area (TPSA) is 118 Å². The Morgan fingerprint density at radius 2 is 1.86 bits per heavy atom. The number of nitriles is 1. The number of benzene rings is 2. The van der Waals surface area contributed by atoms with E-state index in [-0.39, 0.29) is 31.4 Å². The molecule has 0 aliphatic rings. The minimum absolute atomic E-state index is 0.0977. The van der Waals surface area contributed by atoms with Crippen molar-refractivity contribution in [3.05, 3.63) is 68.4 Å². The molecule has 0 atom stereocenters. The number of rotatable bonds is 4. The zero-order chi connectivity index (χ0) is 21.3. The number of carbonyl (C=O) groups is 1. The van der Waals surface area contributed by atoms with E-state index in [1.165, 1.54) is 41.9 Å². The molecule has 0 unspecified atom stereocenters. The molecule has 0 saturated carbocycles. The van der Waals surface area contributed by atoms with Crippen molar-refractivity contribution in [2.24, 2.45) is 0 Å². The second kappa shape index (κ2) is 8.00. The molecule has 0 saturated heterocycles. The van der Waals surface area contributed by atoms with E-state index in [2.05, 4.69) is 10.3 Å². The Morgan fingerprint density at radius 3 is 2.52 bits per heavy atom. The van der Waals surface area contributed by atoms with Crippen LogP contribution < -0.4 is 4.72 Å². The molecule has 29 heavy (non-hydrogen) atoms. The molecule has 2 aromatic carbocycles. The number of nitrogens with one attached hydrogen (secondary N) is 1. The number of hydrogen-bond acceptors (Lipinski definition) is 6. The zero-order valence-corrected chi connectivity index (χ0v) is 17.6. The SMILES string of the molecule is Cc1c(C(=O)NS(=O)(=O)c2cc(Cl)ccc2Cl)nnn1-c1ccc(C#N)cc1Cl. The first-order valence-electron chi connectivity index (χ1n) is 7.78. The van der Waals surface area contributed by atoms with Crippen molar-refractivity contribution in [3.63, 3.8) is 0 Å². The molecule has 8 nitrogen and oxygen atoms in total. The largest absolute Gasteiger partial charge is 0.287 e. The standard InChI is InChI=1S/C17H10Cl3N5O3S/c1-9-16(22-24-25(9)14-5-2-10(8-21)6-13(14)20)17(26)23-29(27,28)15-7-11(18)3-4-12(15)19/h2-7H,1H3,(H,23,26). The molecule has 0 spiro atoms. The summed E-state index contributed by atoms with van der Waals surface area (Å²) in [6.07, 6.45) is 0. The number of hydrogen-bond donors (Lipinski definition) is 1. The molecular formula is C17H10Cl3N5O3S. The lowest BCUT2D eigenvalue weighted by Crippen LogP contribution is -2.31. The summed E-state index contributed by atoms with van der Waals surface area (Å²) in [5.74, 6) is -1.01. The normalized spacial score (nSPS) is 11.1. The second-order valence-corrected chi connectivity index (χ2v) is 8.62. The maximum Gasteiger partial charge on any atom is 0.287 e. The maximum atomic E-state index is 12.5. The Labute approximate surface area is 180 Å². The van der Waals surface area contributed by atoms with E-state index >= 15 is 0 Å². The summed E-state index contributed by atoms with van der Waals surface area (Å²) in [7, 11) is -4.31. The summed E-state index contributed by atoms with van der Waals surface area (Å²) in [5.41, 5.74) is 0.725. The molecule has 1 amide bonds. The lowest BCUT2D eigenvalue weighted by Gasteiger charge is -2.09. The summed E-state index contributed by atoms with van der Waals surface area (Å²) in [6, 6.07) is 10.3. The minimum atomic E-state index is -4.31. The van der Waals surface area contributed by atoms with Crippen LogP contribution in [0.2, 0.25) is 15.1 Å². The van der Waals surface area contributed by atoms with Gasteiger partial charge in [-0.05, 0) is 43.3 Å². The summed E-state index contributed by atoms with van der Waals surface area (Å²) in [6.45, 7) is 1.52. The number of carbonyl (C=O) groups excluding carboxylic acids is 1. The molecule has 12 heteroatoms. The van der Waals surface area contributed by atoms with Gasteiger partial charge in [-0.25, -0.2) is 17.8 Å². The van der Waals surface area contributed by atoms with Gasteiger partial charge < -0.3 is 0 Å². The van der Waals surface area contributed by atoms with E-state index in [0.717, 1.165) is 6.07 Å². The summed E-state index contributed by atoms with van der Waals surface area (Å²) in [4.78, 5) is 12.2. The fraction of sp³-hybridized carbons (Fsp3) is 0.0588. The number of amides is 1. The fourth-order valence-electron chi connectivity index (χ4n) is 2.42. The third-order valence-electron chi connectivity index (χ3n) is 3.82. The summed E-state index contributed by atoms with van der Waals surface area (Å²) in [5, 5.41) is 16.8. The first-order chi connectivity index (χ1) is 13.6. The van der Waals surface area contributed by atoms with Crippen molar-refractivity contribution >= 4 is 50.7 Å². The van der Waals surface area contributed by atoms with Gasteiger partial charge in [0.05, 0.1) is 33.1 Å². The molecule has 0 aliphatic carbocycles. The van der Waals surface area contributed by atoms with Gasteiger partial charge in [-0.3, -0.25) is 4.79 Å². The lowest BCUT2D eigenvalue weighted by atomic mass is 10.2. The van der Waals surface area contributed by atoms with Crippen LogP contribution >= 0.6 is 34.8 Å². The Bertz CT molecular complexity index is 1280. The van der Waals surface area contributed by atoms with Gasteiger partial charge >= 0.3 is 0 Å². The second-order valence-electron chi connectivity index (χ2n) is 5.72. The number of halogens is 3. The average Bonchev–Trinajstić information content (AvgIpc) is 3.04. The maximum absolute atomic E-state index is 12.5. The molecular weight excluding hydrogens is 461 g/mol. The van der Waals surface area contributed by atoms with Gasteiger partial charge in [0.2, 0.25) is 0 Å². The van der Waals surface area contributed by atoms with Gasteiger partial charge in [-0.2, -0.15) is 5.26 Å². The van der Waals surface area contributed by atoms with Crippen LogP contribution in [-0.2, 0) is 10.0 Å². The van der Waals surface area contributed by atoms with E-state index in [9.17, 15) is 13.2 Å². The first-order valence-corrected chi connectivity index (χ1v) is 10.4. The molecule has 0 bridgehead atoms. The van der Waals surface area contributed by atoms with Crippen LogP contribution in [0.5, 0.6) is 0 Å². The van der Waals surface area contributed by atoms with Crippen LogP contribution in [0.1, 0.15) is 21.7 Å². The minimum Gasteiger partial charge on any atom is -0.266 e. The number of aromatic nitrogens is 3. The van der Waals surface area contributed by atoms with Gasteiger partial charge in [-0.1, -0.05) is 40.0 Å². The predicted molar refractivity (Wildman–Crippen MR) is 107 cm³/mol. The summed E-state index contributed by atoms with van der Waals surface area (Å²) < 4.78 is 28.2. The van der Waals surface area contributed by atoms with E-state index in [1.54, 1.807) is 0 Å². The molecule has 1 N–H and O–H groups in total. The summed E-state index contributed by atoms with van der Waals surface area (Å²) >= 11 is 17.9. The van der Waals surface area contributed by atoms with Crippen LogP contribution in [0, 0.1) is 18.3 Å². The highest BCUT2D eigenvalue weighted by atomic mass is 35.5. The van der Waals surface area contributed by atoms with E-state index < -0.39 is 15.9 Å². The van der Waals surface area contributed by atoms with E-state index in [4.69, 9.17) is 40.1 Å². The van der Waals surface area contributed by atoms with Crippen LogP contribution in [-0.4, -0.2) is 29.3 Å². The molecule has 0 aliphatic heterocycles. The molecule has 1 heterocycles. The van der Waals surface area contributed by atoms with Gasteiger partial charge in [0.15, 0.2) is 5.69 Å². The van der Waals surface area contributed by atoms with Gasteiger partial charge in [0.1, 0.15) is 4.90 Å². The van der Waals surface area contributed by atoms with Crippen LogP contribution in [0.25, 0.3) is 5.69 Å². The molecule has 1 aromatic heterocycles. The lowest BCUT2D eigenvalue weighted by molar-refractivity contribution is 0.0976. The third-order valence-corrected chi connectivity index (χ3v) is 6.17. The first kappa shape index (κ1) is 21.1. The van der Waals surface area contributed by atoms with Crippen LogP contribution in [0.15, 0.2) is 41.3 Å². The van der Waals surface area contributed by atoms with Gasteiger partial charge in [0.25, 0.3) is 15.9 Å². The van der Waals surface area contributed by atoms with Gasteiger partial charge in [-0.15, -0.1) is 5.10 Å². The van der Waals surface area contributed by atoms with Crippen molar-refractivity contribution in [2.45, 2.75) is 11.8 Å². The Balaban J connectivity index is 1.94. The number of sulfonamides is 1. The highest BCUT2D eigenvalue weighted by molar-refractivity contribution is 7.90. The smallest absolute Gasteiger partial charge is 0.266 e. The van der Waals surface area contributed by atoms with Crippen LogP contribution in [0.3, 0.4) is 0 Å². The highest BCUT2D eigenvalue weighted by Crippen LogP contribution is 2.26. The molecule has 0 radical (unpaired) electrons. The predicted octanol–water partition coefficient (Wildman–Crippen LogP) is 3.53. The van der Waals surface area contributed by atoms with Crippen LogP contribution in [0.4, 0.5) is 0 Å². The Morgan fingerprint density at radius 1 is 1.14 bits per heavy atom. The Hall–Kier alpha value is -2.64. The highest BCUT2D eigenvalue weighted by Gasteiger charge is 2.26. The molecule has 0 fully saturated rings. The molecule has 3 rings (SSSR count). The quantitative estimate of drug-likeness (QED) is 0.623. The van der Waals surface area contributed by atoms with Crippen molar-refractivity contribution in [2.75, 3.05) is 0 Å². The fourth-order valence-corrected chi connectivity index (χ4v) is 4.40. The van der Waals surface area contributed by atoms with Crippen molar-refractivity contribution in [1.29, 1.82) is 5.26 Å². The average molecular weight is 471 g/mol. The van der Waals surface area contributed by atoms with Gasteiger partial charge in [0, 0.05) is 5.02 Å². The monoisotopic (exact) mass is 469 g/mol. The third kappa shape index (κ3) is 4.21. The van der Waals surface area contributed by atoms with E-state index in [0.29, 0.717) is 11.3 Å². The molecule has 148 valence electrons. The van der Waals surface area contributed by atoms with E-state index in [1.807, 2.05) is 10.8 Å². The van der Waals surface area contributed by atoms with Crippen molar-refractivity contribution in [3.8, 4) is 11.8 Å². The van der Waals surface area contributed by atoms with Crippen molar-refractivity contribution < 1.29 is 13.2 Å². The number of nitrogens with zero attached hydrogens (tertiary/aromatic N) is 4.